The van der Waals surface area contributed by atoms with Crippen LogP contribution in [0.15, 0.2) is 37.0 Å². The van der Waals surface area contributed by atoms with Crippen molar-refractivity contribution in [2.24, 2.45) is 5.92 Å². The average molecular weight is 517 g/mol. The largest absolute Gasteiger partial charge is 0.443 e. The second kappa shape index (κ2) is 12.6. The third-order valence-corrected chi connectivity index (χ3v) is 9.09. The fourth-order valence-corrected chi connectivity index (χ4v) is 7.16. The zero-order valence-electron chi connectivity index (χ0n) is 20.7. The number of carbonyl (C=O) groups excluding carboxylic acids is 2. The number of rotatable bonds is 12. The number of alkyl halides is 1. The third kappa shape index (κ3) is 7.10. The van der Waals surface area contributed by atoms with Crippen molar-refractivity contribution in [3.8, 4) is 0 Å². The van der Waals surface area contributed by atoms with Crippen molar-refractivity contribution in [2.45, 2.75) is 69.5 Å². The molecule has 2 aliphatic rings. The smallest absolute Gasteiger partial charge is 0.414 e. The van der Waals surface area contributed by atoms with Gasteiger partial charge in [0.15, 0.2) is 0 Å². The van der Waals surface area contributed by atoms with Gasteiger partial charge in [0, 0.05) is 7.11 Å². The highest BCUT2D eigenvalue weighted by molar-refractivity contribution is 7.97. The number of imide groups is 1. The van der Waals surface area contributed by atoms with E-state index < -0.39 is 41.3 Å². The Hall–Kier alpha value is -1.32. The van der Waals surface area contributed by atoms with Gasteiger partial charge in [0.05, 0.1) is 12.0 Å². The number of aliphatic hydroxyl groups is 1. The zero-order valence-corrected chi connectivity index (χ0v) is 22.3. The molecule has 34 heavy (non-hydrogen) atoms. The number of carbonyl (C=O) groups is 2. The first kappa shape index (κ1) is 28.9. The Balaban J connectivity index is 2.35. The molecule has 0 aromatic heterocycles. The molecule has 2 fully saturated rings. The van der Waals surface area contributed by atoms with E-state index in [2.05, 4.69) is 24.6 Å². The maximum absolute atomic E-state index is 12.3. The van der Waals surface area contributed by atoms with Gasteiger partial charge in [-0.1, -0.05) is 24.8 Å². The minimum atomic E-state index is -1.09. The number of epoxide rings is 1. The van der Waals surface area contributed by atoms with Crippen LogP contribution >= 0.6 is 11.6 Å². The molecule has 1 saturated heterocycles. The molecule has 6 atom stereocenters. The van der Waals surface area contributed by atoms with Crippen LogP contribution in [-0.2, 0) is 29.9 Å². The summed E-state index contributed by atoms with van der Waals surface area (Å²) >= 11 is 5.48. The van der Waals surface area contributed by atoms with Crippen LogP contribution in [0.4, 0.5) is 4.79 Å². The van der Waals surface area contributed by atoms with E-state index >= 15 is 0 Å². The van der Waals surface area contributed by atoms with E-state index in [1.54, 1.807) is 7.11 Å². The predicted octanol–water partition coefficient (Wildman–Crippen LogP) is 3.51. The molecule has 9 heteroatoms. The van der Waals surface area contributed by atoms with E-state index in [-0.39, 0.29) is 22.9 Å². The van der Waals surface area contributed by atoms with Crippen LogP contribution in [0.1, 0.15) is 40.0 Å². The Morgan fingerprint density at radius 3 is 2.47 bits per heavy atom. The molecule has 1 heterocycles. The Morgan fingerprint density at radius 1 is 1.29 bits per heavy atom. The van der Waals surface area contributed by atoms with Crippen LogP contribution in [0, 0.1) is 5.92 Å². The van der Waals surface area contributed by atoms with Crippen LogP contribution in [0.2, 0.25) is 0 Å². The normalized spacial score (nSPS) is 32.6. The van der Waals surface area contributed by atoms with Gasteiger partial charge >= 0.3 is 6.09 Å². The monoisotopic (exact) mass is 516 g/mol. The maximum atomic E-state index is 12.3. The highest BCUT2D eigenvalue weighted by Crippen LogP contribution is 2.55. The quantitative estimate of drug-likeness (QED) is 0.178. The molecule has 0 bridgehead atoms. The van der Waals surface area contributed by atoms with E-state index in [0.29, 0.717) is 18.6 Å². The number of ether oxygens (including phenoxy) is 3. The zero-order chi connectivity index (χ0) is 25.5. The number of hydrogen-bond acceptors (Lipinski definition) is 6. The van der Waals surface area contributed by atoms with Crippen LogP contribution in [0.5, 0.6) is 0 Å². The lowest BCUT2D eigenvalue weighted by Gasteiger charge is -2.48. The molecule has 1 saturated carbocycles. The second-order valence-corrected chi connectivity index (χ2v) is 11.9. The summed E-state index contributed by atoms with van der Waals surface area (Å²) in [4.78, 5) is 23.8. The van der Waals surface area contributed by atoms with Gasteiger partial charge in [0.2, 0.25) is 5.91 Å². The van der Waals surface area contributed by atoms with E-state index in [0.717, 1.165) is 17.9 Å². The number of alkyl carbamates (subject to hydrolysis) is 1. The lowest BCUT2D eigenvalue weighted by atomic mass is 9.66. The predicted molar refractivity (Wildman–Crippen MR) is 137 cm³/mol. The van der Waals surface area contributed by atoms with Gasteiger partial charge in [-0.3, -0.25) is 10.1 Å². The number of methoxy groups -OCH3 is 1. The second-order valence-electron chi connectivity index (χ2n) is 9.42. The van der Waals surface area contributed by atoms with E-state index in [4.69, 9.17) is 25.8 Å². The van der Waals surface area contributed by atoms with Crippen LogP contribution in [0.25, 0.3) is 0 Å². The molecule has 7 nitrogen and oxygen atoms in total. The summed E-state index contributed by atoms with van der Waals surface area (Å²) in [6, 6.07) is 0. The van der Waals surface area contributed by atoms with Gasteiger partial charge in [-0.2, -0.15) is 0 Å². The molecule has 1 aliphatic carbocycles. The van der Waals surface area contributed by atoms with Crippen molar-refractivity contribution in [2.75, 3.05) is 30.2 Å². The summed E-state index contributed by atoms with van der Waals surface area (Å²) in [7, 11) is 1.40. The summed E-state index contributed by atoms with van der Waals surface area (Å²) in [6.45, 7) is 13.8. The summed E-state index contributed by atoms with van der Waals surface area (Å²) in [5.41, 5.74) is -0.545. The number of nitrogens with one attached hydrogen (secondary N) is 1. The van der Waals surface area contributed by atoms with E-state index in [9.17, 15) is 14.7 Å². The number of allylic oxidation sites excluding steroid dienone is 1. The molecular weight excluding hydrogens is 478 g/mol. The van der Waals surface area contributed by atoms with Crippen molar-refractivity contribution in [1.82, 2.24) is 5.32 Å². The lowest BCUT2D eigenvalue weighted by molar-refractivity contribution is -0.170. The Morgan fingerprint density at radius 2 is 1.94 bits per heavy atom. The minimum absolute atomic E-state index is 0.0810. The van der Waals surface area contributed by atoms with Crippen LogP contribution in [-0.4, -0.2) is 76.9 Å². The topological polar surface area (TPSA) is 97.4 Å². The Kier molecular flexibility index (Phi) is 10.7. The third-order valence-electron chi connectivity index (χ3n) is 6.53. The molecule has 6 unspecified atom stereocenters. The summed E-state index contributed by atoms with van der Waals surface area (Å²) in [5.74, 6) is 0.679. The van der Waals surface area contributed by atoms with Crippen LogP contribution in [0.3, 0.4) is 0 Å². The lowest BCUT2D eigenvalue weighted by Crippen LogP contribution is -2.63. The highest BCUT2D eigenvalue weighted by atomic mass is 35.5. The van der Waals surface area contributed by atoms with E-state index in [1.807, 2.05) is 32.9 Å². The number of halogens is 1. The highest BCUT2D eigenvalue weighted by Gasteiger charge is 2.68. The first-order chi connectivity index (χ1) is 16.0. The molecule has 1 aliphatic heterocycles. The van der Waals surface area contributed by atoms with Crippen molar-refractivity contribution in [3.05, 3.63) is 37.0 Å². The molecule has 192 valence electrons. The summed E-state index contributed by atoms with van der Waals surface area (Å²) in [6.07, 6.45) is 5.18. The molecule has 0 aromatic carbocycles. The average Bonchev–Trinajstić information content (AvgIpc) is 3.43. The van der Waals surface area contributed by atoms with Crippen molar-refractivity contribution in [1.29, 1.82) is 0 Å². The van der Waals surface area contributed by atoms with Crippen molar-refractivity contribution in [3.63, 3.8) is 0 Å². The van der Waals surface area contributed by atoms with Gasteiger partial charge in [-0.05, 0) is 63.1 Å². The SMILES string of the molecule is C=CC[S+](CC=C)CC1(O)CCC(OC(=O)NC(=O)CCl)C(OC)C1C1(C)OC1CC=C(C)C. The van der Waals surface area contributed by atoms with Gasteiger partial charge in [-0.25, -0.2) is 4.79 Å². The fourth-order valence-electron chi connectivity index (χ4n) is 5.03. The molecular formula is C25H39ClNO6S+. The molecule has 2 amide bonds. The van der Waals surface area contributed by atoms with Crippen LogP contribution < -0.4 is 5.32 Å². The maximum Gasteiger partial charge on any atom is 0.414 e. The molecule has 0 aromatic rings. The first-order valence-electron chi connectivity index (χ1n) is 11.5. The van der Waals surface area contributed by atoms with Gasteiger partial charge in [0.1, 0.15) is 46.5 Å². The molecule has 2 rings (SSSR count). The number of amides is 2. The van der Waals surface area contributed by atoms with Gasteiger partial charge in [-0.15, -0.1) is 11.6 Å². The molecule has 0 radical (unpaired) electrons. The fraction of sp³-hybridized carbons (Fsp3) is 0.680. The standard InChI is InChI=1S/C25H38ClNO6S/c1-7-13-34(14-8-2)16-25(30)12-11-18(32-23(29)27-20(28)15-26)21(31-6)22(25)24(5)19(33-24)10-9-17(3)4/h7-9,18-19,21-22,30H,1-2,10-16H2,3-6H3/p+1. The summed E-state index contributed by atoms with van der Waals surface area (Å²) in [5, 5.41) is 14.2. The minimum Gasteiger partial charge on any atom is -0.443 e. The van der Waals surface area contributed by atoms with Gasteiger partial charge in [0.25, 0.3) is 0 Å². The van der Waals surface area contributed by atoms with Crippen molar-refractivity contribution < 1.29 is 28.9 Å². The van der Waals surface area contributed by atoms with Gasteiger partial charge < -0.3 is 19.3 Å². The number of hydrogen-bond donors (Lipinski definition) is 2. The first-order valence-corrected chi connectivity index (χ1v) is 13.8. The van der Waals surface area contributed by atoms with Crippen molar-refractivity contribution >= 4 is 34.5 Å². The molecule has 2 N–H and O–H groups in total. The Bertz CT molecular complexity index is 777. The molecule has 0 spiro atoms. The summed E-state index contributed by atoms with van der Waals surface area (Å²) < 4.78 is 17.7. The van der Waals surface area contributed by atoms with E-state index in [1.165, 1.54) is 5.57 Å². The Labute approximate surface area is 211 Å².